The molecule has 102 valence electrons. The first kappa shape index (κ1) is 15.1. The van der Waals surface area contributed by atoms with Crippen LogP contribution in [-0.2, 0) is 5.54 Å². The summed E-state index contributed by atoms with van der Waals surface area (Å²) in [6.45, 7) is 13.1. The van der Waals surface area contributed by atoms with Crippen molar-refractivity contribution in [1.29, 1.82) is 0 Å². The summed E-state index contributed by atoms with van der Waals surface area (Å²) < 4.78 is 0. The Hall–Kier alpha value is -0.930. The van der Waals surface area contributed by atoms with Crippen LogP contribution < -0.4 is 0 Å². The van der Waals surface area contributed by atoms with E-state index in [2.05, 4.69) is 47.8 Å². The highest BCUT2D eigenvalue weighted by Gasteiger charge is 2.31. The molecule has 0 amide bonds. The van der Waals surface area contributed by atoms with Crippen molar-refractivity contribution in [3.63, 3.8) is 0 Å². The summed E-state index contributed by atoms with van der Waals surface area (Å²) >= 11 is 0. The van der Waals surface area contributed by atoms with E-state index >= 15 is 0 Å². The molecule has 1 aliphatic rings. The Labute approximate surface area is 112 Å². The maximum Gasteiger partial charge on any atom is 0.0601 e. The summed E-state index contributed by atoms with van der Waals surface area (Å²) in [7, 11) is 2.19. The molecule has 1 aliphatic heterocycles. The molecule has 1 saturated heterocycles. The first-order valence-corrected chi connectivity index (χ1v) is 6.96. The molecule has 3 nitrogen and oxygen atoms in total. The van der Waals surface area contributed by atoms with Crippen molar-refractivity contribution in [3.05, 3.63) is 30.1 Å². The molecule has 3 heteroatoms. The fraction of sp³-hybridized carbons (Fsp3) is 0.667. The Morgan fingerprint density at radius 2 is 1.67 bits per heavy atom. The molecular weight excluding hydrogens is 222 g/mol. The van der Waals surface area contributed by atoms with Gasteiger partial charge in [-0.15, -0.1) is 0 Å². The first-order chi connectivity index (χ1) is 8.60. The smallest absolute Gasteiger partial charge is 0.0601 e. The summed E-state index contributed by atoms with van der Waals surface area (Å²) in [6.07, 6.45) is 1.88. The number of pyridine rings is 1. The molecule has 18 heavy (non-hydrogen) atoms. The lowest BCUT2D eigenvalue weighted by Gasteiger charge is -2.42. The van der Waals surface area contributed by atoms with Gasteiger partial charge in [-0.05, 0) is 33.0 Å². The van der Waals surface area contributed by atoms with Crippen LogP contribution in [0.3, 0.4) is 0 Å². The number of hydrogen-bond donors (Lipinski definition) is 0. The second kappa shape index (κ2) is 6.86. The van der Waals surface area contributed by atoms with Gasteiger partial charge in [0.25, 0.3) is 0 Å². The maximum atomic E-state index is 4.49. The Bertz CT molecular complexity index is 327. The minimum Gasteiger partial charge on any atom is -0.304 e. The molecule has 1 aromatic rings. The van der Waals surface area contributed by atoms with Crippen LogP contribution >= 0.6 is 0 Å². The van der Waals surface area contributed by atoms with Crippen molar-refractivity contribution in [1.82, 2.24) is 14.8 Å². The van der Waals surface area contributed by atoms with Crippen molar-refractivity contribution in [2.75, 3.05) is 33.2 Å². The molecule has 0 unspecified atom stereocenters. The maximum absolute atomic E-state index is 4.49. The zero-order valence-electron chi connectivity index (χ0n) is 12.5. The summed E-state index contributed by atoms with van der Waals surface area (Å²) in [5.41, 5.74) is 1.21. The largest absolute Gasteiger partial charge is 0.304 e. The second-order valence-electron chi connectivity index (χ2n) is 5.06. The van der Waals surface area contributed by atoms with Gasteiger partial charge in [-0.3, -0.25) is 9.88 Å². The molecule has 2 heterocycles. The molecule has 0 aliphatic carbocycles. The summed E-state index contributed by atoms with van der Waals surface area (Å²) in [6, 6.07) is 6.17. The van der Waals surface area contributed by atoms with Crippen molar-refractivity contribution in [3.8, 4) is 0 Å². The van der Waals surface area contributed by atoms with E-state index in [1.54, 1.807) is 0 Å². The van der Waals surface area contributed by atoms with Crippen LogP contribution in [0, 0.1) is 0 Å². The molecule has 1 aromatic heterocycles. The normalized spacial score (nSPS) is 18.1. The average Bonchev–Trinajstić information content (AvgIpc) is 2.42. The highest BCUT2D eigenvalue weighted by atomic mass is 15.3. The fourth-order valence-electron chi connectivity index (χ4n) is 2.25. The molecule has 0 saturated carbocycles. The molecule has 1 fully saturated rings. The number of piperazine rings is 1. The third kappa shape index (κ3) is 3.53. The molecule has 0 N–H and O–H groups in total. The highest BCUT2D eigenvalue weighted by molar-refractivity contribution is 5.14. The Balaban J connectivity index is 0.000000771. The minimum atomic E-state index is 0.0442. The van der Waals surface area contributed by atoms with Crippen LogP contribution in [0.4, 0.5) is 0 Å². The summed E-state index contributed by atoms with van der Waals surface area (Å²) in [4.78, 5) is 9.39. The Morgan fingerprint density at radius 3 is 2.17 bits per heavy atom. The lowest BCUT2D eigenvalue weighted by molar-refractivity contribution is 0.0580. The van der Waals surface area contributed by atoms with Gasteiger partial charge in [0.05, 0.1) is 11.2 Å². The monoisotopic (exact) mass is 249 g/mol. The zero-order valence-corrected chi connectivity index (χ0v) is 12.5. The number of nitrogens with zero attached hydrogens (tertiary/aromatic N) is 3. The van der Waals surface area contributed by atoms with Gasteiger partial charge >= 0.3 is 0 Å². The van der Waals surface area contributed by atoms with E-state index in [4.69, 9.17) is 0 Å². The first-order valence-electron chi connectivity index (χ1n) is 6.96. The predicted octanol–water partition coefficient (Wildman–Crippen LogP) is 2.59. The van der Waals surface area contributed by atoms with E-state index in [0.717, 1.165) is 26.2 Å². The van der Waals surface area contributed by atoms with Crippen LogP contribution in [0.25, 0.3) is 0 Å². The highest BCUT2D eigenvalue weighted by Crippen LogP contribution is 2.26. The molecule has 0 spiro atoms. The van der Waals surface area contributed by atoms with E-state index in [1.165, 1.54) is 5.69 Å². The van der Waals surface area contributed by atoms with Gasteiger partial charge in [0, 0.05) is 32.4 Å². The van der Waals surface area contributed by atoms with E-state index in [0.29, 0.717) is 0 Å². The third-order valence-electron chi connectivity index (χ3n) is 3.59. The number of rotatable bonds is 2. The lowest BCUT2D eigenvalue weighted by atomic mass is 9.96. The quantitative estimate of drug-likeness (QED) is 0.803. The predicted molar refractivity (Wildman–Crippen MR) is 77.7 cm³/mol. The molecule has 0 radical (unpaired) electrons. The van der Waals surface area contributed by atoms with Crippen LogP contribution in [0.15, 0.2) is 24.4 Å². The van der Waals surface area contributed by atoms with Crippen LogP contribution in [-0.4, -0.2) is 48.0 Å². The van der Waals surface area contributed by atoms with E-state index < -0.39 is 0 Å². The van der Waals surface area contributed by atoms with Crippen molar-refractivity contribution >= 4 is 0 Å². The number of hydrogen-bond acceptors (Lipinski definition) is 3. The summed E-state index contributed by atoms with van der Waals surface area (Å²) in [5, 5.41) is 0. The van der Waals surface area contributed by atoms with E-state index in [9.17, 15) is 0 Å². The molecule has 0 atom stereocenters. The number of likely N-dealkylation sites (N-methyl/N-ethyl adjacent to an activating group) is 1. The van der Waals surface area contributed by atoms with Crippen molar-refractivity contribution < 1.29 is 0 Å². The van der Waals surface area contributed by atoms with Crippen LogP contribution in [0.2, 0.25) is 0 Å². The van der Waals surface area contributed by atoms with Gasteiger partial charge in [-0.25, -0.2) is 0 Å². The van der Waals surface area contributed by atoms with Gasteiger partial charge in [0.2, 0.25) is 0 Å². The van der Waals surface area contributed by atoms with E-state index in [-0.39, 0.29) is 5.54 Å². The minimum absolute atomic E-state index is 0.0442. The van der Waals surface area contributed by atoms with Crippen molar-refractivity contribution in [2.24, 2.45) is 0 Å². The molecular formula is C15H27N3. The average molecular weight is 249 g/mol. The molecule has 0 aromatic carbocycles. The summed E-state index contributed by atoms with van der Waals surface area (Å²) in [5.74, 6) is 0. The number of aromatic nitrogens is 1. The van der Waals surface area contributed by atoms with Gasteiger partial charge in [0.1, 0.15) is 0 Å². The van der Waals surface area contributed by atoms with Gasteiger partial charge in [0.15, 0.2) is 0 Å². The van der Waals surface area contributed by atoms with Gasteiger partial charge in [-0.1, -0.05) is 19.9 Å². The molecule has 2 rings (SSSR count). The zero-order chi connectivity index (χ0) is 13.6. The van der Waals surface area contributed by atoms with E-state index in [1.807, 2.05) is 26.1 Å². The third-order valence-corrected chi connectivity index (χ3v) is 3.59. The van der Waals surface area contributed by atoms with Crippen LogP contribution in [0.5, 0.6) is 0 Å². The Kier molecular flexibility index (Phi) is 5.76. The topological polar surface area (TPSA) is 19.4 Å². The molecule has 0 bridgehead atoms. The lowest BCUT2D eigenvalue weighted by Crippen LogP contribution is -2.52. The second-order valence-corrected chi connectivity index (χ2v) is 5.06. The Morgan fingerprint density at radius 1 is 1.06 bits per heavy atom. The van der Waals surface area contributed by atoms with Crippen molar-refractivity contribution in [2.45, 2.75) is 33.2 Å². The SMILES string of the molecule is CC.CN1CCN(C(C)(C)c2ccccn2)CC1. The van der Waals surface area contributed by atoms with Crippen LogP contribution in [0.1, 0.15) is 33.4 Å². The van der Waals surface area contributed by atoms with Gasteiger partial charge < -0.3 is 4.90 Å². The fourth-order valence-corrected chi connectivity index (χ4v) is 2.25. The standard InChI is InChI=1S/C13H21N3.C2H6/c1-13(2,12-6-4-5-7-14-12)16-10-8-15(3)9-11-16;1-2/h4-7H,8-11H2,1-3H3;1-2H3. The van der Waals surface area contributed by atoms with Gasteiger partial charge in [-0.2, -0.15) is 0 Å².